The van der Waals surface area contributed by atoms with E-state index in [0.717, 1.165) is 10.0 Å². The number of benzene rings is 2. The number of amides is 1. The molecule has 0 aliphatic rings. The van der Waals surface area contributed by atoms with Crippen LogP contribution in [0.1, 0.15) is 12.5 Å². The third-order valence-electron chi connectivity index (χ3n) is 2.90. The first-order valence-corrected chi connectivity index (χ1v) is 7.30. The molecule has 1 unspecified atom stereocenters. The van der Waals surface area contributed by atoms with Crippen LogP contribution in [0.2, 0.25) is 0 Å². The van der Waals surface area contributed by atoms with Gasteiger partial charge in [-0.3, -0.25) is 4.79 Å². The standard InChI is InChI=1S/C16H16BrNO3/c1-11(21-15-8-4-13(17)5-9-15)16(20)18-14-6-2-12(10-19)3-7-14/h2-9,11,19H,10H2,1H3,(H,18,20). The van der Waals surface area contributed by atoms with Crippen LogP contribution in [0, 0.1) is 0 Å². The highest BCUT2D eigenvalue weighted by Crippen LogP contribution is 2.18. The van der Waals surface area contributed by atoms with Gasteiger partial charge in [0.15, 0.2) is 6.10 Å². The molecule has 0 fully saturated rings. The van der Waals surface area contributed by atoms with Crippen molar-refractivity contribution in [2.24, 2.45) is 0 Å². The molecule has 2 aromatic carbocycles. The van der Waals surface area contributed by atoms with E-state index in [1.54, 1.807) is 43.3 Å². The van der Waals surface area contributed by atoms with Gasteiger partial charge >= 0.3 is 0 Å². The minimum Gasteiger partial charge on any atom is -0.481 e. The van der Waals surface area contributed by atoms with Crippen molar-refractivity contribution in [2.45, 2.75) is 19.6 Å². The molecule has 0 aromatic heterocycles. The van der Waals surface area contributed by atoms with E-state index in [-0.39, 0.29) is 12.5 Å². The number of rotatable bonds is 5. The van der Waals surface area contributed by atoms with Crippen molar-refractivity contribution in [3.63, 3.8) is 0 Å². The number of carbonyl (C=O) groups is 1. The van der Waals surface area contributed by atoms with Gasteiger partial charge in [0.2, 0.25) is 0 Å². The monoisotopic (exact) mass is 349 g/mol. The molecule has 0 spiro atoms. The second-order valence-corrected chi connectivity index (χ2v) is 5.47. The summed E-state index contributed by atoms with van der Waals surface area (Å²) in [7, 11) is 0. The number of aliphatic hydroxyl groups is 1. The molecule has 1 amide bonds. The molecular formula is C16H16BrNO3. The summed E-state index contributed by atoms with van der Waals surface area (Å²) in [4.78, 5) is 12.0. The normalized spacial score (nSPS) is 11.8. The van der Waals surface area contributed by atoms with Crippen molar-refractivity contribution >= 4 is 27.5 Å². The third kappa shape index (κ3) is 4.58. The largest absolute Gasteiger partial charge is 0.481 e. The molecule has 0 bridgehead atoms. The lowest BCUT2D eigenvalue weighted by atomic mass is 10.2. The molecule has 5 heteroatoms. The van der Waals surface area contributed by atoms with Gasteiger partial charge in [0, 0.05) is 10.2 Å². The second-order valence-electron chi connectivity index (χ2n) is 4.56. The van der Waals surface area contributed by atoms with Gasteiger partial charge in [-0.2, -0.15) is 0 Å². The maximum Gasteiger partial charge on any atom is 0.265 e. The van der Waals surface area contributed by atoms with E-state index in [2.05, 4.69) is 21.2 Å². The summed E-state index contributed by atoms with van der Waals surface area (Å²) in [5.74, 6) is 0.408. The Balaban J connectivity index is 1.93. The van der Waals surface area contributed by atoms with E-state index < -0.39 is 6.10 Å². The first kappa shape index (κ1) is 15.5. The molecule has 4 nitrogen and oxygen atoms in total. The van der Waals surface area contributed by atoms with E-state index in [4.69, 9.17) is 9.84 Å². The van der Waals surface area contributed by atoms with Crippen molar-refractivity contribution in [3.8, 4) is 5.75 Å². The van der Waals surface area contributed by atoms with Gasteiger partial charge in [-0.05, 0) is 48.9 Å². The Hall–Kier alpha value is -1.85. The molecule has 110 valence electrons. The number of carbonyl (C=O) groups excluding carboxylic acids is 1. The number of aliphatic hydroxyl groups excluding tert-OH is 1. The van der Waals surface area contributed by atoms with Gasteiger partial charge in [0.25, 0.3) is 5.91 Å². The lowest BCUT2D eigenvalue weighted by Crippen LogP contribution is -2.30. The van der Waals surface area contributed by atoms with Crippen molar-refractivity contribution in [1.29, 1.82) is 0 Å². The number of anilines is 1. The molecule has 21 heavy (non-hydrogen) atoms. The second kappa shape index (κ2) is 7.24. The molecule has 0 aliphatic heterocycles. The fourth-order valence-electron chi connectivity index (χ4n) is 1.71. The zero-order valence-electron chi connectivity index (χ0n) is 11.5. The van der Waals surface area contributed by atoms with Crippen molar-refractivity contribution in [2.75, 3.05) is 5.32 Å². The highest BCUT2D eigenvalue weighted by molar-refractivity contribution is 9.10. The van der Waals surface area contributed by atoms with E-state index in [1.807, 2.05) is 12.1 Å². The Kier molecular flexibility index (Phi) is 5.36. The predicted molar refractivity (Wildman–Crippen MR) is 85.2 cm³/mol. The molecule has 2 N–H and O–H groups in total. The Labute approximate surface area is 131 Å². The van der Waals surface area contributed by atoms with Crippen molar-refractivity contribution < 1.29 is 14.6 Å². The van der Waals surface area contributed by atoms with Gasteiger partial charge in [0.05, 0.1) is 6.61 Å². The van der Waals surface area contributed by atoms with Crippen LogP contribution in [0.5, 0.6) is 5.75 Å². The van der Waals surface area contributed by atoms with Gasteiger partial charge in [-0.25, -0.2) is 0 Å². The Morgan fingerprint density at radius 1 is 1.19 bits per heavy atom. The number of ether oxygens (including phenoxy) is 1. The maximum absolute atomic E-state index is 12.0. The minimum absolute atomic E-state index is 0.0166. The maximum atomic E-state index is 12.0. The van der Waals surface area contributed by atoms with Gasteiger partial charge < -0.3 is 15.2 Å². The van der Waals surface area contributed by atoms with Gasteiger partial charge in [0.1, 0.15) is 5.75 Å². The summed E-state index contributed by atoms with van der Waals surface area (Å²) in [6.07, 6.45) is -0.608. The summed E-state index contributed by atoms with van der Waals surface area (Å²) in [6.45, 7) is 1.68. The average Bonchev–Trinajstić information content (AvgIpc) is 2.50. The highest BCUT2D eigenvalue weighted by atomic mass is 79.9. The minimum atomic E-state index is -0.608. The smallest absolute Gasteiger partial charge is 0.265 e. The Bertz CT molecular complexity index is 596. The van der Waals surface area contributed by atoms with Crippen LogP contribution >= 0.6 is 15.9 Å². The summed E-state index contributed by atoms with van der Waals surface area (Å²) < 4.78 is 6.53. The van der Waals surface area contributed by atoms with Crippen LogP contribution in [0.25, 0.3) is 0 Å². The molecule has 0 saturated heterocycles. The molecular weight excluding hydrogens is 334 g/mol. The molecule has 0 heterocycles. The zero-order chi connectivity index (χ0) is 15.2. The molecule has 0 radical (unpaired) electrons. The van der Waals surface area contributed by atoms with Gasteiger partial charge in [-0.1, -0.05) is 28.1 Å². The Morgan fingerprint density at radius 2 is 1.81 bits per heavy atom. The first-order valence-electron chi connectivity index (χ1n) is 6.51. The average molecular weight is 350 g/mol. The Morgan fingerprint density at radius 3 is 2.38 bits per heavy atom. The van der Waals surface area contributed by atoms with E-state index in [9.17, 15) is 4.79 Å². The molecule has 0 aliphatic carbocycles. The number of hydrogen-bond donors (Lipinski definition) is 2. The highest BCUT2D eigenvalue weighted by Gasteiger charge is 2.14. The SMILES string of the molecule is CC(Oc1ccc(Br)cc1)C(=O)Nc1ccc(CO)cc1. The number of halogens is 1. The fourth-order valence-corrected chi connectivity index (χ4v) is 1.97. The van der Waals surface area contributed by atoms with E-state index in [0.29, 0.717) is 11.4 Å². The summed E-state index contributed by atoms with van der Waals surface area (Å²) in [5, 5.41) is 11.7. The van der Waals surface area contributed by atoms with Crippen LogP contribution < -0.4 is 10.1 Å². The third-order valence-corrected chi connectivity index (χ3v) is 3.43. The van der Waals surface area contributed by atoms with Crippen LogP contribution in [0.15, 0.2) is 53.0 Å². The summed E-state index contributed by atoms with van der Waals surface area (Å²) in [5.41, 5.74) is 1.47. The molecule has 0 saturated carbocycles. The molecule has 2 rings (SSSR count). The van der Waals surface area contributed by atoms with Gasteiger partial charge in [-0.15, -0.1) is 0 Å². The van der Waals surface area contributed by atoms with E-state index >= 15 is 0 Å². The number of nitrogens with one attached hydrogen (secondary N) is 1. The van der Waals surface area contributed by atoms with Crippen LogP contribution in [-0.2, 0) is 11.4 Å². The van der Waals surface area contributed by atoms with Crippen molar-refractivity contribution in [1.82, 2.24) is 0 Å². The number of hydrogen-bond acceptors (Lipinski definition) is 3. The van der Waals surface area contributed by atoms with Crippen LogP contribution in [0.4, 0.5) is 5.69 Å². The first-order chi connectivity index (χ1) is 10.1. The topological polar surface area (TPSA) is 58.6 Å². The van der Waals surface area contributed by atoms with Crippen molar-refractivity contribution in [3.05, 3.63) is 58.6 Å². The van der Waals surface area contributed by atoms with Crippen LogP contribution in [0.3, 0.4) is 0 Å². The zero-order valence-corrected chi connectivity index (χ0v) is 13.1. The summed E-state index contributed by atoms with van der Waals surface area (Å²) in [6, 6.07) is 14.3. The lowest BCUT2D eigenvalue weighted by molar-refractivity contribution is -0.122. The predicted octanol–water partition coefficient (Wildman–Crippen LogP) is 3.35. The van der Waals surface area contributed by atoms with E-state index in [1.165, 1.54) is 0 Å². The quantitative estimate of drug-likeness (QED) is 0.870. The summed E-state index contributed by atoms with van der Waals surface area (Å²) >= 11 is 3.34. The lowest BCUT2D eigenvalue weighted by Gasteiger charge is -2.15. The fraction of sp³-hybridized carbons (Fsp3) is 0.188. The molecule has 2 aromatic rings. The van der Waals surface area contributed by atoms with Crippen LogP contribution in [-0.4, -0.2) is 17.1 Å². The molecule has 1 atom stereocenters.